The molecule has 1 N–H and O–H groups in total. The van der Waals surface area contributed by atoms with E-state index in [9.17, 15) is 9.59 Å². The van der Waals surface area contributed by atoms with Crippen molar-refractivity contribution >= 4 is 11.8 Å². The Bertz CT molecular complexity index is 780. The molecule has 8 heteroatoms. The molecule has 1 saturated heterocycles. The first kappa shape index (κ1) is 18.2. The number of hydrogen-bond donors (Lipinski definition) is 1. The second kappa shape index (κ2) is 7.72. The average Bonchev–Trinajstić information content (AvgIpc) is 3.22. The molecule has 0 spiro atoms. The average molecular weight is 358 g/mol. The number of carbonyl (C=O) groups is 2. The van der Waals surface area contributed by atoms with Gasteiger partial charge in [0.05, 0.1) is 18.7 Å². The number of aromatic nitrogens is 4. The topological polar surface area (TPSA) is 85.1 Å². The Balaban J connectivity index is 1.71. The zero-order valence-electron chi connectivity index (χ0n) is 15.6. The first-order valence-electron chi connectivity index (χ1n) is 9.04. The van der Waals surface area contributed by atoms with Crippen LogP contribution in [0.1, 0.15) is 37.2 Å². The van der Waals surface area contributed by atoms with Gasteiger partial charge in [-0.25, -0.2) is 4.98 Å². The number of nitrogens with zero attached hydrogens (tertiary/aromatic N) is 5. The molecule has 0 aromatic carbocycles. The smallest absolute Gasteiger partial charge is 0.225 e. The number of amides is 2. The normalized spacial score (nSPS) is 20.4. The van der Waals surface area contributed by atoms with Crippen molar-refractivity contribution in [3.8, 4) is 0 Å². The van der Waals surface area contributed by atoms with E-state index in [0.29, 0.717) is 32.5 Å². The van der Waals surface area contributed by atoms with E-state index in [2.05, 4.69) is 15.4 Å². The first-order chi connectivity index (χ1) is 12.5. The van der Waals surface area contributed by atoms with E-state index in [-0.39, 0.29) is 23.8 Å². The molecule has 2 amide bonds. The van der Waals surface area contributed by atoms with Gasteiger partial charge in [-0.05, 0) is 25.8 Å². The Kier molecular flexibility index (Phi) is 5.39. The molecule has 3 rings (SSSR count). The summed E-state index contributed by atoms with van der Waals surface area (Å²) in [6.07, 6.45) is 8.23. The molecule has 0 bridgehead atoms. The van der Waals surface area contributed by atoms with Crippen LogP contribution in [0.25, 0.3) is 0 Å². The summed E-state index contributed by atoms with van der Waals surface area (Å²) in [4.78, 5) is 31.4. The number of piperidine rings is 1. The standard InChI is InChI=1S/C18H26N6O2/c1-4-24-15(25)6-5-14(16(24)17-19-7-9-22(17)3)18(26)20-8-10-23-12-13(2)11-21-23/h7,9,11-12,14,16H,4-6,8,10H2,1-3H3,(H,20,26)/t14-,16-/m0/s1. The lowest BCUT2D eigenvalue weighted by Crippen LogP contribution is -2.49. The van der Waals surface area contributed by atoms with E-state index in [1.165, 1.54) is 0 Å². The third-order valence-electron chi connectivity index (χ3n) is 4.91. The molecule has 2 atom stereocenters. The maximum Gasteiger partial charge on any atom is 0.225 e. The van der Waals surface area contributed by atoms with Gasteiger partial charge in [0.2, 0.25) is 11.8 Å². The number of aryl methyl sites for hydroxylation is 2. The summed E-state index contributed by atoms with van der Waals surface area (Å²) in [5.41, 5.74) is 1.09. The van der Waals surface area contributed by atoms with Crippen LogP contribution in [0.2, 0.25) is 0 Å². The number of hydrogen-bond acceptors (Lipinski definition) is 4. The second-order valence-corrected chi connectivity index (χ2v) is 6.74. The van der Waals surface area contributed by atoms with Gasteiger partial charge in [-0.15, -0.1) is 0 Å². The zero-order chi connectivity index (χ0) is 18.7. The molecule has 2 aromatic rings. The third kappa shape index (κ3) is 3.63. The molecule has 1 aliphatic rings. The first-order valence-corrected chi connectivity index (χ1v) is 9.04. The van der Waals surface area contributed by atoms with Gasteiger partial charge in [0.15, 0.2) is 0 Å². The maximum absolute atomic E-state index is 12.9. The summed E-state index contributed by atoms with van der Waals surface area (Å²) in [7, 11) is 1.89. The van der Waals surface area contributed by atoms with Crippen LogP contribution in [-0.2, 0) is 23.2 Å². The number of carbonyl (C=O) groups excluding carboxylic acids is 2. The highest BCUT2D eigenvalue weighted by Gasteiger charge is 2.41. The van der Waals surface area contributed by atoms with Gasteiger partial charge in [0.1, 0.15) is 11.9 Å². The lowest BCUT2D eigenvalue weighted by Gasteiger charge is -2.39. The van der Waals surface area contributed by atoms with E-state index in [1.54, 1.807) is 17.3 Å². The SMILES string of the molecule is CCN1C(=O)CC[C@H](C(=O)NCCn2cc(C)cn2)[C@H]1c1nccn1C. The lowest BCUT2D eigenvalue weighted by molar-refractivity contribution is -0.143. The highest BCUT2D eigenvalue weighted by Crippen LogP contribution is 2.35. The highest BCUT2D eigenvalue weighted by molar-refractivity contribution is 5.84. The fraction of sp³-hybridized carbons (Fsp3) is 0.556. The van der Waals surface area contributed by atoms with Crippen molar-refractivity contribution in [3.63, 3.8) is 0 Å². The molecular weight excluding hydrogens is 332 g/mol. The van der Waals surface area contributed by atoms with Crippen LogP contribution in [-0.4, -0.2) is 49.1 Å². The molecule has 0 radical (unpaired) electrons. The molecule has 0 aliphatic carbocycles. The van der Waals surface area contributed by atoms with Gasteiger partial charge >= 0.3 is 0 Å². The maximum atomic E-state index is 12.9. The van der Waals surface area contributed by atoms with E-state index in [0.717, 1.165) is 11.4 Å². The molecule has 26 heavy (non-hydrogen) atoms. The van der Waals surface area contributed by atoms with Crippen molar-refractivity contribution in [2.45, 2.75) is 39.3 Å². The number of rotatable bonds is 6. The van der Waals surface area contributed by atoms with Gasteiger partial charge in [0.25, 0.3) is 0 Å². The van der Waals surface area contributed by atoms with Gasteiger partial charge < -0.3 is 14.8 Å². The minimum atomic E-state index is -0.326. The zero-order valence-corrected chi connectivity index (χ0v) is 15.6. The quantitative estimate of drug-likeness (QED) is 0.836. The van der Waals surface area contributed by atoms with Gasteiger partial charge in [-0.3, -0.25) is 14.3 Å². The number of likely N-dealkylation sites (tertiary alicyclic amines) is 1. The highest BCUT2D eigenvalue weighted by atomic mass is 16.2. The van der Waals surface area contributed by atoms with E-state index < -0.39 is 0 Å². The summed E-state index contributed by atoms with van der Waals surface area (Å²) >= 11 is 0. The molecule has 1 fully saturated rings. The lowest BCUT2D eigenvalue weighted by atomic mass is 9.87. The molecule has 2 aromatic heterocycles. The van der Waals surface area contributed by atoms with Crippen LogP contribution in [0.3, 0.4) is 0 Å². The fourth-order valence-electron chi connectivity index (χ4n) is 3.60. The van der Waals surface area contributed by atoms with Crippen LogP contribution in [0.5, 0.6) is 0 Å². The van der Waals surface area contributed by atoms with Gasteiger partial charge in [-0.2, -0.15) is 5.10 Å². The Labute approximate surface area is 153 Å². The van der Waals surface area contributed by atoms with Crippen molar-refractivity contribution in [2.75, 3.05) is 13.1 Å². The van der Waals surface area contributed by atoms with Gasteiger partial charge in [0, 0.05) is 45.1 Å². The minimum absolute atomic E-state index is 0.0344. The predicted octanol–water partition coefficient (Wildman–Crippen LogP) is 1.04. The predicted molar refractivity (Wildman–Crippen MR) is 96.0 cm³/mol. The largest absolute Gasteiger partial charge is 0.354 e. The van der Waals surface area contributed by atoms with Crippen molar-refractivity contribution in [1.29, 1.82) is 0 Å². The van der Waals surface area contributed by atoms with Crippen molar-refractivity contribution in [2.24, 2.45) is 13.0 Å². The van der Waals surface area contributed by atoms with Crippen LogP contribution in [0, 0.1) is 12.8 Å². The van der Waals surface area contributed by atoms with Crippen LogP contribution in [0.15, 0.2) is 24.8 Å². The number of imidazole rings is 1. The summed E-state index contributed by atoms with van der Waals surface area (Å²) in [6, 6.07) is -0.326. The summed E-state index contributed by atoms with van der Waals surface area (Å²) < 4.78 is 3.70. The van der Waals surface area contributed by atoms with Crippen molar-refractivity contribution in [1.82, 2.24) is 29.5 Å². The summed E-state index contributed by atoms with van der Waals surface area (Å²) in [5.74, 6) is 0.500. The summed E-state index contributed by atoms with van der Waals surface area (Å²) in [6.45, 7) is 5.61. The molecule has 140 valence electrons. The van der Waals surface area contributed by atoms with Gasteiger partial charge in [-0.1, -0.05) is 0 Å². The fourth-order valence-corrected chi connectivity index (χ4v) is 3.60. The van der Waals surface area contributed by atoms with Crippen molar-refractivity contribution in [3.05, 3.63) is 36.2 Å². The second-order valence-electron chi connectivity index (χ2n) is 6.74. The molecule has 3 heterocycles. The third-order valence-corrected chi connectivity index (χ3v) is 4.91. The molecule has 1 aliphatic heterocycles. The Morgan fingerprint density at radius 1 is 1.42 bits per heavy atom. The Hall–Kier alpha value is -2.64. The molecule has 8 nitrogen and oxygen atoms in total. The van der Waals surface area contributed by atoms with Crippen molar-refractivity contribution < 1.29 is 9.59 Å². The Morgan fingerprint density at radius 2 is 2.23 bits per heavy atom. The van der Waals surface area contributed by atoms with Crippen LogP contribution in [0.4, 0.5) is 0 Å². The molecular formula is C18H26N6O2. The number of nitrogens with one attached hydrogen (secondary N) is 1. The minimum Gasteiger partial charge on any atom is -0.354 e. The molecule has 0 saturated carbocycles. The van der Waals surface area contributed by atoms with E-state index in [4.69, 9.17) is 0 Å². The monoisotopic (exact) mass is 358 g/mol. The Morgan fingerprint density at radius 3 is 2.85 bits per heavy atom. The van der Waals surface area contributed by atoms with Crippen LogP contribution >= 0.6 is 0 Å². The van der Waals surface area contributed by atoms with E-state index in [1.807, 2.05) is 42.5 Å². The van der Waals surface area contributed by atoms with E-state index >= 15 is 0 Å². The van der Waals surface area contributed by atoms with Crippen LogP contribution < -0.4 is 5.32 Å². The summed E-state index contributed by atoms with van der Waals surface area (Å²) in [5, 5.41) is 7.23. The molecule has 0 unspecified atom stereocenters.